The number of piperidine rings is 1. The van der Waals surface area contributed by atoms with Crippen molar-refractivity contribution in [3.8, 4) is 11.5 Å². The number of phenols is 2. The van der Waals surface area contributed by atoms with Crippen LogP contribution in [0.25, 0.3) is 0 Å². The smallest absolute Gasteiger partial charge is 0.262 e. The highest BCUT2D eigenvalue weighted by molar-refractivity contribution is 6.24. The molecular formula is C21H17N3O7. The summed E-state index contributed by atoms with van der Waals surface area (Å²) in [6, 6.07) is 7.41. The minimum absolute atomic E-state index is 0.0140. The van der Waals surface area contributed by atoms with Gasteiger partial charge in [0.05, 0.1) is 16.7 Å². The molecule has 2 aliphatic heterocycles. The third kappa shape index (κ3) is 3.37. The molecule has 0 aliphatic carbocycles. The number of fused-ring (bicyclic) bond motifs is 1. The second kappa shape index (κ2) is 7.56. The molecule has 5 amide bonds. The first-order valence-electron chi connectivity index (χ1n) is 9.42. The Hall–Kier alpha value is -4.21. The van der Waals surface area contributed by atoms with Crippen molar-refractivity contribution in [3.05, 3.63) is 58.7 Å². The minimum Gasteiger partial charge on any atom is -0.504 e. The molecule has 10 heteroatoms. The Morgan fingerprint density at radius 1 is 1.06 bits per heavy atom. The normalized spacial score (nSPS) is 18.1. The molecule has 0 radical (unpaired) electrons. The lowest BCUT2D eigenvalue weighted by Crippen LogP contribution is -2.54. The average molecular weight is 423 g/mol. The first-order valence-corrected chi connectivity index (χ1v) is 9.42. The van der Waals surface area contributed by atoms with Crippen molar-refractivity contribution in [1.82, 2.24) is 15.5 Å². The van der Waals surface area contributed by atoms with E-state index in [0.717, 1.165) is 4.90 Å². The summed E-state index contributed by atoms with van der Waals surface area (Å²) < 4.78 is 0. The summed E-state index contributed by atoms with van der Waals surface area (Å²) in [7, 11) is 0. The summed E-state index contributed by atoms with van der Waals surface area (Å²) in [5, 5.41) is 24.1. The van der Waals surface area contributed by atoms with Gasteiger partial charge in [0, 0.05) is 13.0 Å². The van der Waals surface area contributed by atoms with Crippen molar-refractivity contribution >= 4 is 29.5 Å². The number of para-hydroxylation sites is 1. The minimum atomic E-state index is -1.09. The first-order chi connectivity index (χ1) is 14.8. The lowest BCUT2D eigenvalue weighted by Gasteiger charge is -2.27. The van der Waals surface area contributed by atoms with Gasteiger partial charge in [0.2, 0.25) is 11.8 Å². The summed E-state index contributed by atoms with van der Waals surface area (Å²) in [6.45, 7) is -0.140. The molecule has 158 valence electrons. The van der Waals surface area contributed by atoms with Gasteiger partial charge in [-0.05, 0) is 30.2 Å². The fourth-order valence-electron chi connectivity index (χ4n) is 3.72. The maximum absolute atomic E-state index is 13.0. The second-order valence-electron chi connectivity index (χ2n) is 7.14. The number of carbonyl (C=O) groups excluding carboxylic acids is 5. The van der Waals surface area contributed by atoms with E-state index in [1.807, 2.05) is 0 Å². The molecule has 2 heterocycles. The van der Waals surface area contributed by atoms with Crippen LogP contribution in [-0.2, 0) is 16.1 Å². The molecule has 0 aromatic heterocycles. The third-order valence-electron chi connectivity index (χ3n) is 5.25. The number of aromatic hydroxyl groups is 2. The SMILES string of the molecule is O=C1CCC(N2C(=O)c3cccc(CNC(=O)c4cccc(O)c4O)c3C2=O)C(=O)N1. The van der Waals surface area contributed by atoms with Gasteiger partial charge in [0.15, 0.2) is 11.5 Å². The molecule has 31 heavy (non-hydrogen) atoms. The van der Waals surface area contributed by atoms with Gasteiger partial charge in [-0.25, -0.2) is 0 Å². The molecule has 0 spiro atoms. The summed E-state index contributed by atoms with van der Waals surface area (Å²) >= 11 is 0. The zero-order valence-corrected chi connectivity index (χ0v) is 16.0. The number of phenolic OH excluding ortho intramolecular Hbond substituents is 2. The lowest BCUT2D eigenvalue weighted by molar-refractivity contribution is -0.136. The van der Waals surface area contributed by atoms with Crippen molar-refractivity contribution in [1.29, 1.82) is 0 Å². The van der Waals surface area contributed by atoms with Crippen LogP contribution in [0.15, 0.2) is 36.4 Å². The van der Waals surface area contributed by atoms with Gasteiger partial charge >= 0.3 is 0 Å². The molecule has 10 nitrogen and oxygen atoms in total. The van der Waals surface area contributed by atoms with Crippen molar-refractivity contribution < 1.29 is 34.2 Å². The van der Waals surface area contributed by atoms with Gasteiger partial charge in [-0.2, -0.15) is 0 Å². The Morgan fingerprint density at radius 2 is 1.81 bits per heavy atom. The fraction of sp³-hybridized carbons (Fsp3) is 0.190. The van der Waals surface area contributed by atoms with E-state index in [4.69, 9.17) is 0 Å². The number of nitrogens with zero attached hydrogens (tertiary/aromatic N) is 1. The molecule has 2 aromatic rings. The van der Waals surface area contributed by atoms with Gasteiger partial charge in [-0.3, -0.25) is 34.2 Å². The van der Waals surface area contributed by atoms with Crippen molar-refractivity contribution in [3.63, 3.8) is 0 Å². The summed E-state index contributed by atoms with van der Waals surface area (Å²) in [4.78, 5) is 62.6. The van der Waals surface area contributed by atoms with E-state index < -0.39 is 47.1 Å². The van der Waals surface area contributed by atoms with Crippen LogP contribution in [0.4, 0.5) is 0 Å². The van der Waals surface area contributed by atoms with Crippen molar-refractivity contribution in [2.24, 2.45) is 0 Å². The Bertz CT molecular complexity index is 1160. The summed E-state index contributed by atoms with van der Waals surface area (Å²) in [6.07, 6.45) is 0.0547. The van der Waals surface area contributed by atoms with Crippen molar-refractivity contribution in [2.75, 3.05) is 0 Å². The van der Waals surface area contributed by atoms with E-state index in [1.54, 1.807) is 12.1 Å². The first kappa shape index (κ1) is 20.1. The lowest BCUT2D eigenvalue weighted by atomic mass is 10.0. The number of benzene rings is 2. The Labute approximate surface area is 175 Å². The average Bonchev–Trinajstić information content (AvgIpc) is 2.99. The van der Waals surface area contributed by atoms with Crippen LogP contribution in [0.2, 0.25) is 0 Å². The van der Waals surface area contributed by atoms with E-state index >= 15 is 0 Å². The molecule has 1 unspecified atom stereocenters. The molecule has 2 aromatic carbocycles. The molecule has 1 saturated heterocycles. The van der Waals surface area contributed by atoms with Crippen LogP contribution in [0.5, 0.6) is 11.5 Å². The second-order valence-corrected chi connectivity index (χ2v) is 7.14. The molecule has 1 fully saturated rings. The Balaban J connectivity index is 1.58. The van der Waals surface area contributed by atoms with Gasteiger partial charge < -0.3 is 15.5 Å². The van der Waals surface area contributed by atoms with Gasteiger partial charge in [0.25, 0.3) is 17.7 Å². The zero-order chi connectivity index (χ0) is 22.3. The largest absolute Gasteiger partial charge is 0.504 e. The highest BCUT2D eigenvalue weighted by Crippen LogP contribution is 2.31. The van der Waals surface area contributed by atoms with Crippen LogP contribution in [0.3, 0.4) is 0 Å². The predicted molar refractivity (Wildman–Crippen MR) is 104 cm³/mol. The van der Waals surface area contributed by atoms with E-state index in [-0.39, 0.29) is 36.1 Å². The van der Waals surface area contributed by atoms with E-state index in [9.17, 15) is 34.2 Å². The summed E-state index contributed by atoms with van der Waals surface area (Å²) in [5.74, 6) is -4.21. The quantitative estimate of drug-likeness (QED) is 0.411. The van der Waals surface area contributed by atoms with Crippen LogP contribution in [0.1, 0.15) is 49.5 Å². The topological polar surface area (TPSA) is 153 Å². The van der Waals surface area contributed by atoms with Gasteiger partial charge in [0.1, 0.15) is 6.04 Å². The van der Waals surface area contributed by atoms with E-state index in [2.05, 4.69) is 10.6 Å². The molecule has 4 N–H and O–H groups in total. The van der Waals surface area contributed by atoms with Gasteiger partial charge in [-0.15, -0.1) is 0 Å². The van der Waals surface area contributed by atoms with E-state index in [0.29, 0.717) is 5.56 Å². The number of rotatable bonds is 4. The van der Waals surface area contributed by atoms with Crippen LogP contribution in [0, 0.1) is 0 Å². The number of amides is 5. The Morgan fingerprint density at radius 3 is 2.55 bits per heavy atom. The molecular weight excluding hydrogens is 406 g/mol. The van der Waals surface area contributed by atoms with E-state index in [1.165, 1.54) is 24.3 Å². The number of hydrogen-bond donors (Lipinski definition) is 4. The van der Waals surface area contributed by atoms with Gasteiger partial charge in [-0.1, -0.05) is 18.2 Å². The molecule has 0 saturated carbocycles. The number of hydrogen-bond acceptors (Lipinski definition) is 7. The maximum atomic E-state index is 13.0. The highest BCUT2D eigenvalue weighted by atomic mass is 16.3. The molecule has 1 atom stereocenters. The number of imide groups is 2. The monoisotopic (exact) mass is 423 g/mol. The number of carbonyl (C=O) groups is 5. The van der Waals surface area contributed by atoms with Crippen LogP contribution < -0.4 is 10.6 Å². The number of nitrogens with one attached hydrogen (secondary N) is 2. The standard InChI is InChI=1S/C21H17N3O7/c25-14-6-2-5-12(17(14)27)18(28)22-9-10-3-1-4-11-16(10)21(31)24(20(11)30)13-7-8-15(26)23-19(13)29/h1-6,13,25,27H,7-9H2,(H,22,28)(H,23,26,29). The zero-order valence-electron chi connectivity index (χ0n) is 16.0. The molecule has 2 aliphatic rings. The van der Waals surface area contributed by atoms with Crippen molar-refractivity contribution in [2.45, 2.75) is 25.4 Å². The Kier molecular flexibility index (Phi) is 4.90. The van der Waals surface area contributed by atoms with Crippen LogP contribution in [-0.4, -0.2) is 50.7 Å². The fourth-order valence-corrected chi connectivity index (χ4v) is 3.72. The maximum Gasteiger partial charge on any atom is 0.262 e. The van der Waals surface area contributed by atoms with Crippen LogP contribution >= 0.6 is 0 Å². The summed E-state index contributed by atoms with van der Waals surface area (Å²) in [5.41, 5.74) is 0.359. The highest BCUT2D eigenvalue weighted by Gasteiger charge is 2.45. The predicted octanol–water partition coefficient (Wildman–Crippen LogP) is 0.429. The molecule has 4 rings (SSSR count). The molecule has 0 bridgehead atoms. The third-order valence-corrected chi connectivity index (χ3v) is 5.25.